The molecule has 2 atom stereocenters. The second kappa shape index (κ2) is 10.7. The van der Waals surface area contributed by atoms with Crippen LogP contribution in [0.4, 0.5) is 5.69 Å². The lowest BCUT2D eigenvalue weighted by atomic mass is 10.0. The van der Waals surface area contributed by atoms with Crippen molar-refractivity contribution in [3.05, 3.63) is 113 Å². The maximum Gasteiger partial charge on any atom is 0.244 e. The largest absolute Gasteiger partial charge is 0.482 e. The predicted octanol–water partition coefficient (Wildman–Crippen LogP) is 6.64. The van der Waals surface area contributed by atoms with Gasteiger partial charge in [0, 0.05) is 10.2 Å². The molecule has 2 N–H and O–H groups in total. The number of aryl methyl sites for hydroxylation is 1. The van der Waals surface area contributed by atoms with Crippen LogP contribution in [0.25, 0.3) is 0 Å². The molecule has 0 aliphatic heterocycles. The van der Waals surface area contributed by atoms with Crippen LogP contribution in [0.5, 0.6) is 5.75 Å². The van der Waals surface area contributed by atoms with Gasteiger partial charge in [-0.05, 0) is 66.4 Å². The number of nitrogens with zero attached hydrogens (tertiary/aromatic N) is 2. The lowest BCUT2D eigenvalue weighted by molar-refractivity contribution is -0.703. The van der Waals surface area contributed by atoms with Crippen LogP contribution in [0.1, 0.15) is 48.6 Å². The van der Waals surface area contributed by atoms with E-state index in [2.05, 4.69) is 106 Å². The number of aromatic nitrogens is 2. The fourth-order valence-corrected chi connectivity index (χ4v) is 4.46. The van der Waals surface area contributed by atoms with Crippen molar-refractivity contribution in [2.75, 3.05) is 5.73 Å². The zero-order chi connectivity index (χ0) is 23.2. The highest BCUT2D eigenvalue weighted by Gasteiger charge is 2.22. The molecule has 0 spiro atoms. The minimum atomic E-state index is -0.118. The number of halogens is 1. The van der Waals surface area contributed by atoms with E-state index in [0.717, 1.165) is 28.8 Å². The van der Waals surface area contributed by atoms with Crippen LogP contribution in [0.15, 0.2) is 96.0 Å². The van der Waals surface area contributed by atoms with E-state index in [-0.39, 0.29) is 6.10 Å². The normalized spacial score (nSPS) is 12.9. The van der Waals surface area contributed by atoms with Gasteiger partial charge in [-0.15, -0.1) is 0 Å². The van der Waals surface area contributed by atoms with Crippen molar-refractivity contribution in [3.63, 3.8) is 0 Å². The summed E-state index contributed by atoms with van der Waals surface area (Å²) in [7, 11) is 0. The van der Waals surface area contributed by atoms with E-state index in [4.69, 9.17) is 10.5 Å². The third-order valence-electron chi connectivity index (χ3n) is 5.96. The summed E-state index contributed by atoms with van der Waals surface area (Å²) in [4.78, 5) is 0. The molecule has 0 radical (unpaired) electrons. The molecule has 0 aliphatic rings. The quantitative estimate of drug-likeness (QED) is 0.205. The Hall–Kier alpha value is -3.05. The number of benzene rings is 3. The highest BCUT2D eigenvalue weighted by molar-refractivity contribution is 9.10. The van der Waals surface area contributed by atoms with E-state index in [1.807, 2.05) is 24.3 Å². The Morgan fingerprint density at radius 1 is 1.00 bits per heavy atom. The molecule has 0 amide bonds. The zero-order valence-corrected chi connectivity index (χ0v) is 20.8. The molecular formula is C28H31BrN3O+. The van der Waals surface area contributed by atoms with Gasteiger partial charge >= 0.3 is 0 Å². The van der Waals surface area contributed by atoms with Gasteiger partial charge in [-0.2, -0.15) is 0 Å². The number of hydrogen-bond acceptors (Lipinski definition) is 2. The average molecular weight is 505 g/mol. The van der Waals surface area contributed by atoms with Gasteiger partial charge in [0.25, 0.3) is 0 Å². The number of nitrogen functional groups attached to an aromatic ring is 1. The molecule has 1 aromatic heterocycles. The van der Waals surface area contributed by atoms with Crippen molar-refractivity contribution in [3.8, 4) is 5.75 Å². The fourth-order valence-electron chi connectivity index (χ4n) is 4.20. The third-order valence-corrected chi connectivity index (χ3v) is 6.49. The van der Waals surface area contributed by atoms with E-state index in [1.165, 1.54) is 16.7 Å². The van der Waals surface area contributed by atoms with Gasteiger partial charge in [-0.25, -0.2) is 9.13 Å². The molecule has 0 saturated carbocycles. The van der Waals surface area contributed by atoms with Crippen molar-refractivity contribution in [1.82, 2.24) is 4.57 Å². The van der Waals surface area contributed by atoms with Crippen LogP contribution in [-0.4, -0.2) is 4.57 Å². The van der Waals surface area contributed by atoms with Gasteiger partial charge in [0.15, 0.2) is 6.10 Å². The van der Waals surface area contributed by atoms with E-state index < -0.39 is 0 Å². The molecule has 33 heavy (non-hydrogen) atoms. The molecule has 4 rings (SSSR count). The zero-order valence-electron chi connectivity index (χ0n) is 19.2. The summed E-state index contributed by atoms with van der Waals surface area (Å²) in [5.74, 6) is 0.816. The Morgan fingerprint density at radius 2 is 1.73 bits per heavy atom. The molecule has 1 heterocycles. The Balaban J connectivity index is 1.60. The van der Waals surface area contributed by atoms with Crippen LogP contribution in [0.2, 0.25) is 0 Å². The Morgan fingerprint density at radius 3 is 2.42 bits per heavy atom. The van der Waals surface area contributed by atoms with Crippen LogP contribution >= 0.6 is 15.9 Å². The van der Waals surface area contributed by atoms with E-state index in [9.17, 15) is 0 Å². The van der Waals surface area contributed by atoms with Crippen molar-refractivity contribution in [2.45, 2.75) is 45.4 Å². The number of imidazole rings is 1. The summed E-state index contributed by atoms with van der Waals surface area (Å²) < 4.78 is 12.1. The van der Waals surface area contributed by atoms with Gasteiger partial charge in [-0.1, -0.05) is 65.7 Å². The molecule has 3 aromatic carbocycles. The summed E-state index contributed by atoms with van der Waals surface area (Å²) in [5, 5.41) is 0. The highest BCUT2D eigenvalue weighted by atomic mass is 79.9. The molecule has 4 aromatic rings. The molecule has 4 nitrogen and oxygen atoms in total. The smallest absolute Gasteiger partial charge is 0.244 e. The molecular weight excluding hydrogens is 474 g/mol. The summed E-state index contributed by atoms with van der Waals surface area (Å²) >= 11 is 3.55. The monoisotopic (exact) mass is 504 g/mol. The number of rotatable bonds is 9. The first-order valence-corrected chi connectivity index (χ1v) is 12.2. The Kier molecular flexibility index (Phi) is 7.50. The van der Waals surface area contributed by atoms with Gasteiger partial charge in [0.05, 0.1) is 0 Å². The van der Waals surface area contributed by atoms with E-state index in [1.54, 1.807) is 0 Å². The van der Waals surface area contributed by atoms with Crippen LogP contribution in [-0.2, 0) is 6.54 Å². The molecule has 0 aliphatic carbocycles. The second-order valence-corrected chi connectivity index (χ2v) is 9.36. The number of nitrogens with two attached hydrogens (primary N) is 1. The Bertz CT molecular complexity index is 1170. The molecule has 0 saturated heterocycles. The van der Waals surface area contributed by atoms with Crippen molar-refractivity contribution >= 4 is 21.6 Å². The minimum absolute atomic E-state index is 0.118. The van der Waals surface area contributed by atoms with Crippen LogP contribution in [0, 0.1) is 6.92 Å². The summed E-state index contributed by atoms with van der Waals surface area (Å²) in [6, 6.07) is 25.0. The summed E-state index contributed by atoms with van der Waals surface area (Å²) in [6.07, 6.45) is 8.58. The topological polar surface area (TPSA) is 44.1 Å². The first kappa shape index (κ1) is 23.1. The van der Waals surface area contributed by atoms with Gasteiger partial charge in [-0.3, -0.25) is 0 Å². The number of anilines is 1. The second-order valence-electron chi connectivity index (χ2n) is 8.45. The molecule has 170 valence electrons. The van der Waals surface area contributed by atoms with Crippen LogP contribution in [0.3, 0.4) is 0 Å². The average Bonchev–Trinajstić information content (AvgIpc) is 3.28. The minimum Gasteiger partial charge on any atom is -0.482 e. The summed E-state index contributed by atoms with van der Waals surface area (Å²) in [5.41, 5.74) is 10.3. The lowest BCUT2D eigenvalue weighted by Gasteiger charge is -2.20. The first-order valence-electron chi connectivity index (χ1n) is 11.4. The predicted molar refractivity (Wildman–Crippen MR) is 137 cm³/mol. The number of ether oxygens (including phenoxy) is 1. The molecule has 5 heteroatoms. The maximum absolute atomic E-state index is 6.46. The van der Waals surface area contributed by atoms with E-state index in [0.29, 0.717) is 12.6 Å². The SMILES string of the molecule is CCCC(c1ccc(Br)cc1)n1cc[n+](CC(Oc2ccc(N)cc2)c2ccccc2C)c1. The molecule has 0 bridgehead atoms. The van der Waals surface area contributed by atoms with Gasteiger partial charge in [0.1, 0.15) is 30.7 Å². The standard InChI is InChI=1S/C28H31BrN3O/c1-3-6-27(22-9-11-23(29)12-10-22)32-18-17-31(20-32)19-28(26-8-5-4-7-21(26)2)33-25-15-13-24(30)14-16-25/h4-5,7-18,20,27-28H,3,6,19,30H2,1-2H3/q+1. The highest BCUT2D eigenvalue weighted by Crippen LogP contribution is 2.27. The van der Waals surface area contributed by atoms with Crippen LogP contribution < -0.4 is 15.0 Å². The van der Waals surface area contributed by atoms with Crippen molar-refractivity contribution < 1.29 is 9.30 Å². The van der Waals surface area contributed by atoms with Gasteiger partial charge in [0.2, 0.25) is 6.33 Å². The van der Waals surface area contributed by atoms with E-state index >= 15 is 0 Å². The number of hydrogen-bond donors (Lipinski definition) is 1. The molecule has 0 fully saturated rings. The fraction of sp³-hybridized carbons (Fsp3) is 0.250. The maximum atomic E-state index is 6.46. The van der Waals surface area contributed by atoms with Crippen molar-refractivity contribution in [2.24, 2.45) is 0 Å². The first-order chi connectivity index (χ1) is 16.0. The Labute approximate surface area is 204 Å². The molecule has 2 unspecified atom stereocenters. The third kappa shape index (κ3) is 5.85. The van der Waals surface area contributed by atoms with Gasteiger partial charge < -0.3 is 10.5 Å². The lowest BCUT2D eigenvalue weighted by Crippen LogP contribution is -2.37. The summed E-state index contributed by atoms with van der Waals surface area (Å²) in [6.45, 7) is 5.08. The van der Waals surface area contributed by atoms with Crippen molar-refractivity contribution in [1.29, 1.82) is 0 Å².